The number of hydrogen-bond donors (Lipinski definition) is 2. The van der Waals surface area contributed by atoms with E-state index in [-0.39, 0.29) is 0 Å². The second-order valence-corrected chi connectivity index (χ2v) is 6.34. The predicted octanol–water partition coefficient (Wildman–Crippen LogP) is 1.38. The summed E-state index contributed by atoms with van der Waals surface area (Å²) in [6.45, 7) is 9.49. The van der Waals surface area contributed by atoms with E-state index >= 15 is 0 Å². The summed E-state index contributed by atoms with van der Waals surface area (Å²) < 4.78 is 5.42. The Morgan fingerprint density at radius 2 is 1.94 bits per heavy atom. The zero-order chi connectivity index (χ0) is 11.6. The van der Waals surface area contributed by atoms with Crippen LogP contribution in [0.25, 0.3) is 0 Å². The Morgan fingerprint density at radius 1 is 1.31 bits per heavy atom. The highest BCUT2D eigenvalue weighted by Gasteiger charge is 2.45. The molecule has 0 aromatic heterocycles. The third-order valence-electron chi connectivity index (χ3n) is 4.59. The van der Waals surface area contributed by atoms with Gasteiger partial charge >= 0.3 is 0 Å². The van der Waals surface area contributed by atoms with Gasteiger partial charge in [-0.05, 0) is 49.1 Å². The average molecular weight is 226 g/mol. The number of nitrogens with two attached hydrogens (primary N) is 1. The van der Waals surface area contributed by atoms with E-state index in [0.717, 1.165) is 51.6 Å². The van der Waals surface area contributed by atoms with Gasteiger partial charge in [0.2, 0.25) is 0 Å². The van der Waals surface area contributed by atoms with Crippen LogP contribution in [0.2, 0.25) is 0 Å². The SMILES string of the molecule is CC1(C)CC1CNCC1(CN)CCOCC1. The highest BCUT2D eigenvalue weighted by Crippen LogP contribution is 2.51. The first-order valence-corrected chi connectivity index (χ1v) is 6.57. The highest BCUT2D eigenvalue weighted by molar-refractivity contribution is 4.96. The van der Waals surface area contributed by atoms with Crippen molar-refractivity contribution in [1.29, 1.82) is 0 Å². The van der Waals surface area contributed by atoms with Crippen LogP contribution in [0.5, 0.6) is 0 Å². The smallest absolute Gasteiger partial charge is 0.0472 e. The predicted molar refractivity (Wildman–Crippen MR) is 66.3 cm³/mol. The van der Waals surface area contributed by atoms with Gasteiger partial charge in [0.15, 0.2) is 0 Å². The Labute approximate surface area is 99.1 Å². The monoisotopic (exact) mass is 226 g/mol. The first kappa shape index (κ1) is 12.3. The van der Waals surface area contributed by atoms with Crippen LogP contribution in [0, 0.1) is 16.7 Å². The third-order valence-corrected chi connectivity index (χ3v) is 4.59. The second kappa shape index (κ2) is 4.63. The Kier molecular flexibility index (Phi) is 3.57. The molecule has 3 nitrogen and oxygen atoms in total. The molecule has 2 rings (SSSR count). The van der Waals surface area contributed by atoms with Crippen molar-refractivity contribution in [3.8, 4) is 0 Å². The van der Waals surface area contributed by atoms with E-state index in [1.54, 1.807) is 0 Å². The van der Waals surface area contributed by atoms with Crippen molar-refractivity contribution in [2.24, 2.45) is 22.5 Å². The Bertz CT molecular complexity index is 234. The van der Waals surface area contributed by atoms with E-state index < -0.39 is 0 Å². The lowest BCUT2D eigenvalue weighted by Crippen LogP contribution is -2.44. The molecule has 0 aromatic carbocycles. The topological polar surface area (TPSA) is 47.3 Å². The molecule has 1 aliphatic carbocycles. The maximum Gasteiger partial charge on any atom is 0.0472 e. The Balaban J connectivity index is 1.71. The summed E-state index contributed by atoms with van der Waals surface area (Å²) in [5.74, 6) is 0.877. The van der Waals surface area contributed by atoms with E-state index in [0.29, 0.717) is 10.8 Å². The van der Waals surface area contributed by atoms with Crippen LogP contribution in [-0.4, -0.2) is 32.8 Å². The van der Waals surface area contributed by atoms with Crippen LogP contribution in [0.3, 0.4) is 0 Å². The molecule has 0 aromatic rings. The van der Waals surface area contributed by atoms with E-state index in [1.165, 1.54) is 6.42 Å². The van der Waals surface area contributed by atoms with Gasteiger partial charge in [0.25, 0.3) is 0 Å². The summed E-state index contributed by atoms with van der Waals surface area (Å²) in [7, 11) is 0. The van der Waals surface area contributed by atoms with E-state index in [9.17, 15) is 0 Å². The van der Waals surface area contributed by atoms with Crippen molar-refractivity contribution < 1.29 is 4.74 Å². The standard InChI is InChI=1S/C13H26N2O/c1-12(2)7-11(12)8-15-10-13(9-14)3-5-16-6-4-13/h11,15H,3-10,14H2,1-2H3. The molecule has 94 valence electrons. The van der Waals surface area contributed by atoms with Crippen LogP contribution in [0.15, 0.2) is 0 Å². The number of hydrogen-bond acceptors (Lipinski definition) is 3. The van der Waals surface area contributed by atoms with Crippen LogP contribution < -0.4 is 11.1 Å². The molecule has 0 bridgehead atoms. The van der Waals surface area contributed by atoms with Crippen molar-refractivity contribution in [2.45, 2.75) is 33.1 Å². The summed E-state index contributed by atoms with van der Waals surface area (Å²) in [6, 6.07) is 0. The number of rotatable bonds is 5. The molecule has 2 aliphatic rings. The van der Waals surface area contributed by atoms with Crippen LogP contribution in [0.4, 0.5) is 0 Å². The number of ether oxygens (including phenoxy) is 1. The first-order chi connectivity index (χ1) is 7.58. The van der Waals surface area contributed by atoms with Crippen molar-refractivity contribution in [1.82, 2.24) is 5.32 Å². The summed E-state index contributed by atoms with van der Waals surface area (Å²) in [4.78, 5) is 0. The van der Waals surface area contributed by atoms with Crippen LogP contribution in [-0.2, 0) is 4.74 Å². The normalized spacial score (nSPS) is 31.3. The van der Waals surface area contributed by atoms with Crippen molar-refractivity contribution >= 4 is 0 Å². The van der Waals surface area contributed by atoms with Gasteiger partial charge in [-0.15, -0.1) is 0 Å². The summed E-state index contributed by atoms with van der Waals surface area (Å²) in [5.41, 5.74) is 6.81. The fourth-order valence-electron chi connectivity index (χ4n) is 2.69. The van der Waals surface area contributed by atoms with E-state index in [4.69, 9.17) is 10.5 Å². The molecule has 1 unspecified atom stereocenters. The zero-order valence-corrected chi connectivity index (χ0v) is 10.7. The maximum atomic E-state index is 5.93. The Morgan fingerprint density at radius 3 is 2.44 bits per heavy atom. The molecule has 2 fully saturated rings. The molecule has 1 heterocycles. The lowest BCUT2D eigenvalue weighted by Gasteiger charge is -2.36. The van der Waals surface area contributed by atoms with Gasteiger partial charge in [0, 0.05) is 19.8 Å². The molecule has 0 radical (unpaired) electrons. The molecular formula is C13H26N2O. The molecule has 0 amide bonds. The summed E-state index contributed by atoms with van der Waals surface area (Å²) in [5, 5.41) is 3.63. The van der Waals surface area contributed by atoms with Crippen LogP contribution >= 0.6 is 0 Å². The van der Waals surface area contributed by atoms with Gasteiger partial charge < -0.3 is 15.8 Å². The van der Waals surface area contributed by atoms with E-state index in [1.807, 2.05) is 0 Å². The fraction of sp³-hybridized carbons (Fsp3) is 1.00. The van der Waals surface area contributed by atoms with Gasteiger partial charge in [-0.3, -0.25) is 0 Å². The molecule has 1 aliphatic heterocycles. The molecule has 3 heteroatoms. The van der Waals surface area contributed by atoms with Gasteiger partial charge in [-0.2, -0.15) is 0 Å². The molecule has 3 N–H and O–H groups in total. The third kappa shape index (κ3) is 2.76. The van der Waals surface area contributed by atoms with Gasteiger partial charge in [-0.25, -0.2) is 0 Å². The van der Waals surface area contributed by atoms with Gasteiger partial charge in [0.05, 0.1) is 0 Å². The lowest BCUT2D eigenvalue weighted by atomic mass is 9.80. The van der Waals surface area contributed by atoms with E-state index in [2.05, 4.69) is 19.2 Å². The minimum atomic E-state index is 0.303. The molecular weight excluding hydrogens is 200 g/mol. The largest absolute Gasteiger partial charge is 0.381 e. The lowest BCUT2D eigenvalue weighted by molar-refractivity contribution is 0.0191. The average Bonchev–Trinajstić information content (AvgIpc) is 2.88. The molecule has 0 spiro atoms. The fourth-order valence-corrected chi connectivity index (χ4v) is 2.69. The summed E-state index contributed by atoms with van der Waals surface area (Å²) in [6.07, 6.45) is 3.61. The van der Waals surface area contributed by atoms with Gasteiger partial charge in [0.1, 0.15) is 0 Å². The number of nitrogens with one attached hydrogen (secondary N) is 1. The quantitative estimate of drug-likeness (QED) is 0.744. The summed E-state index contributed by atoms with van der Waals surface area (Å²) >= 11 is 0. The maximum absolute atomic E-state index is 5.93. The Hall–Kier alpha value is -0.120. The molecule has 16 heavy (non-hydrogen) atoms. The highest BCUT2D eigenvalue weighted by atomic mass is 16.5. The van der Waals surface area contributed by atoms with Gasteiger partial charge in [-0.1, -0.05) is 13.8 Å². The van der Waals surface area contributed by atoms with Crippen LogP contribution in [0.1, 0.15) is 33.1 Å². The minimum absolute atomic E-state index is 0.303. The van der Waals surface area contributed by atoms with Crippen molar-refractivity contribution in [2.75, 3.05) is 32.8 Å². The molecule has 1 atom stereocenters. The molecule has 1 saturated carbocycles. The van der Waals surface area contributed by atoms with Crippen molar-refractivity contribution in [3.63, 3.8) is 0 Å². The second-order valence-electron chi connectivity index (χ2n) is 6.34. The van der Waals surface area contributed by atoms with Crippen molar-refractivity contribution in [3.05, 3.63) is 0 Å². The first-order valence-electron chi connectivity index (χ1n) is 6.57. The molecule has 1 saturated heterocycles. The zero-order valence-electron chi connectivity index (χ0n) is 10.7. The minimum Gasteiger partial charge on any atom is -0.381 e.